The lowest BCUT2D eigenvalue weighted by Gasteiger charge is -2.39. The van der Waals surface area contributed by atoms with Gasteiger partial charge < -0.3 is 15.2 Å². The Bertz CT molecular complexity index is 864. The Morgan fingerprint density at radius 3 is 2.75 bits per heavy atom. The minimum atomic E-state index is -0.610. The monoisotopic (exact) mass is 330 g/mol. The molecule has 126 valence electrons. The Balaban J connectivity index is 1.54. The minimum absolute atomic E-state index is 0.0716. The van der Waals surface area contributed by atoms with Crippen LogP contribution in [0.15, 0.2) is 27.9 Å². The van der Waals surface area contributed by atoms with Crippen molar-refractivity contribution in [1.29, 1.82) is 0 Å². The normalized spacial score (nSPS) is 14.3. The average molecular weight is 330 g/mol. The molecule has 9 nitrogen and oxygen atoms in total. The molecule has 2 N–H and O–H groups in total. The Morgan fingerprint density at radius 1 is 1.33 bits per heavy atom. The highest BCUT2D eigenvalue weighted by Gasteiger charge is 2.28. The van der Waals surface area contributed by atoms with Crippen LogP contribution in [0.4, 0.5) is 5.82 Å². The Hall–Kier alpha value is -2.97. The van der Waals surface area contributed by atoms with E-state index in [0.29, 0.717) is 6.54 Å². The van der Waals surface area contributed by atoms with Gasteiger partial charge in [-0.2, -0.15) is 5.10 Å². The first-order valence-electron chi connectivity index (χ1n) is 7.58. The van der Waals surface area contributed by atoms with E-state index in [9.17, 15) is 14.4 Å². The summed E-state index contributed by atoms with van der Waals surface area (Å²) < 4.78 is 0.871. The summed E-state index contributed by atoms with van der Waals surface area (Å²) in [6, 6.07) is 3.82. The van der Waals surface area contributed by atoms with Crippen LogP contribution < -0.4 is 21.5 Å². The third-order valence-corrected chi connectivity index (χ3v) is 4.04. The number of H-pyrrole nitrogens is 1. The maximum Gasteiger partial charge on any atom is 0.328 e. The second kappa shape index (κ2) is 6.26. The molecule has 0 aliphatic carbocycles. The van der Waals surface area contributed by atoms with Gasteiger partial charge in [0, 0.05) is 38.8 Å². The first-order valence-corrected chi connectivity index (χ1v) is 7.58. The van der Waals surface area contributed by atoms with Gasteiger partial charge in [-0.1, -0.05) is 0 Å². The molecule has 1 aliphatic heterocycles. The fraction of sp³-hybridized carbons (Fsp3) is 0.400. The zero-order valence-electron chi connectivity index (χ0n) is 13.4. The van der Waals surface area contributed by atoms with Crippen molar-refractivity contribution in [3.63, 3.8) is 0 Å². The SMILES string of the molecule is Cc1ccc(N2CC(CNC(=O)c3c[nH]c(=O)n(C)c3=O)C2)nn1. The number of carbonyl (C=O) groups is 1. The number of nitrogens with one attached hydrogen (secondary N) is 2. The van der Waals surface area contributed by atoms with Crippen LogP contribution in [0.2, 0.25) is 0 Å². The molecule has 9 heteroatoms. The number of hydrogen-bond acceptors (Lipinski definition) is 6. The van der Waals surface area contributed by atoms with Crippen molar-refractivity contribution >= 4 is 11.7 Å². The van der Waals surface area contributed by atoms with E-state index < -0.39 is 17.2 Å². The number of hydrogen-bond donors (Lipinski definition) is 2. The summed E-state index contributed by atoms with van der Waals surface area (Å²) in [5, 5.41) is 10.9. The highest BCUT2D eigenvalue weighted by atomic mass is 16.2. The number of carbonyl (C=O) groups excluding carboxylic acids is 1. The Morgan fingerprint density at radius 2 is 2.08 bits per heavy atom. The van der Waals surface area contributed by atoms with E-state index in [1.54, 1.807) is 0 Å². The number of anilines is 1. The van der Waals surface area contributed by atoms with Crippen LogP contribution in [0.5, 0.6) is 0 Å². The number of rotatable bonds is 4. The number of amides is 1. The number of aromatic nitrogens is 4. The van der Waals surface area contributed by atoms with Crippen LogP contribution in [0.3, 0.4) is 0 Å². The summed E-state index contributed by atoms with van der Waals surface area (Å²) in [4.78, 5) is 39.7. The second-order valence-corrected chi connectivity index (χ2v) is 5.89. The van der Waals surface area contributed by atoms with E-state index in [1.807, 2.05) is 19.1 Å². The largest absolute Gasteiger partial charge is 0.354 e. The number of aromatic amines is 1. The molecule has 2 aromatic heterocycles. The van der Waals surface area contributed by atoms with Crippen molar-refractivity contribution in [2.24, 2.45) is 13.0 Å². The molecule has 0 atom stereocenters. The van der Waals surface area contributed by atoms with Crippen LogP contribution in [0.1, 0.15) is 16.1 Å². The average Bonchev–Trinajstić information content (AvgIpc) is 2.52. The summed E-state index contributed by atoms with van der Waals surface area (Å²) in [6.45, 7) is 3.87. The van der Waals surface area contributed by atoms with Crippen molar-refractivity contribution in [3.05, 3.63) is 50.4 Å². The van der Waals surface area contributed by atoms with Crippen molar-refractivity contribution in [3.8, 4) is 0 Å². The molecular weight excluding hydrogens is 312 g/mol. The first kappa shape index (κ1) is 15.9. The summed E-state index contributed by atoms with van der Waals surface area (Å²) in [6.07, 6.45) is 1.15. The molecule has 0 radical (unpaired) electrons. The fourth-order valence-corrected chi connectivity index (χ4v) is 2.51. The van der Waals surface area contributed by atoms with E-state index in [-0.39, 0.29) is 11.5 Å². The first-order chi connectivity index (χ1) is 11.5. The predicted octanol–water partition coefficient (Wildman–Crippen LogP) is -0.962. The van der Waals surface area contributed by atoms with Gasteiger partial charge in [-0.05, 0) is 19.1 Å². The number of nitrogens with zero attached hydrogens (tertiary/aromatic N) is 4. The van der Waals surface area contributed by atoms with E-state index in [0.717, 1.165) is 35.4 Å². The van der Waals surface area contributed by atoms with Gasteiger partial charge in [-0.3, -0.25) is 14.2 Å². The molecule has 0 unspecified atom stereocenters. The smallest absolute Gasteiger partial charge is 0.328 e. The maximum atomic E-state index is 12.1. The van der Waals surface area contributed by atoms with Gasteiger partial charge >= 0.3 is 5.69 Å². The third kappa shape index (κ3) is 3.05. The van der Waals surface area contributed by atoms with Crippen molar-refractivity contribution in [2.45, 2.75) is 6.92 Å². The van der Waals surface area contributed by atoms with Gasteiger partial charge in [-0.15, -0.1) is 5.10 Å². The van der Waals surface area contributed by atoms with Crippen LogP contribution >= 0.6 is 0 Å². The molecule has 0 bridgehead atoms. The second-order valence-electron chi connectivity index (χ2n) is 5.89. The summed E-state index contributed by atoms with van der Waals surface area (Å²) in [7, 11) is 1.32. The molecule has 0 aromatic carbocycles. The zero-order chi connectivity index (χ0) is 17.3. The lowest BCUT2D eigenvalue weighted by Crippen LogP contribution is -2.52. The fourth-order valence-electron chi connectivity index (χ4n) is 2.51. The van der Waals surface area contributed by atoms with Crippen LogP contribution in [-0.2, 0) is 7.05 Å². The lowest BCUT2D eigenvalue weighted by atomic mass is 10.00. The van der Waals surface area contributed by atoms with Crippen LogP contribution in [-0.4, -0.2) is 45.3 Å². The van der Waals surface area contributed by atoms with Gasteiger partial charge in [0.25, 0.3) is 11.5 Å². The minimum Gasteiger partial charge on any atom is -0.354 e. The molecule has 1 amide bonds. The molecule has 2 aromatic rings. The summed E-state index contributed by atoms with van der Waals surface area (Å²) >= 11 is 0. The quantitative estimate of drug-likeness (QED) is 0.746. The highest BCUT2D eigenvalue weighted by Crippen LogP contribution is 2.21. The maximum absolute atomic E-state index is 12.1. The van der Waals surface area contributed by atoms with Gasteiger partial charge in [-0.25, -0.2) is 4.79 Å². The van der Waals surface area contributed by atoms with E-state index >= 15 is 0 Å². The topological polar surface area (TPSA) is 113 Å². The highest BCUT2D eigenvalue weighted by molar-refractivity contribution is 5.93. The van der Waals surface area contributed by atoms with Crippen molar-refractivity contribution < 1.29 is 4.79 Å². The van der Waals surface area contributed by atoms with Crippen molar-refractivity contribution in [1.82, 2.24) is 25.1 Å². The molecule has 3 heterocycles. The number of aryl methyl sites for hydroxylation is 1. The predicted molar refractivity (Wildman–Crippen MR) is 87.1 cm³/mol. The van der Waals surface area contributed by atoms with Gasteiger partial charge in [0.05, 0.1) is 5.69 Å². The van der Waals surface area contributed by atoms with E-state index in [4.69, 9.17) is 0 Å². The molecule has 1 saturated heterocycles. The van der Waals surface area contributed by atoms with Crippen LogP contribution in [0.25, 0.3) is 0 Å². The summed E-state index contributed by atoms with van der Waals surface area (Å²) in [5.74, 6) is 0.613. The van der Waals surface area contributed by atoms with Crippen molar-refractivity contribution in [2.75, 3.05) is 24.5 Å². The molecule has 24 heavy (non-hydrogen) atoms. The Labute approximate surface area is 137 Å². The Kier molecular flexibility index (Phi) is 4.15. The molecule has 0 saturated carbocycles. The van der Waals surface area contributed by atoms with Gasteiger partial charge in [0.15, 0.2) is 5.82 Å². The lowest BCUT2D eigenvalue weighted by molar-refractivity contribution is 0.0942. The van der Waals surface area contributed by atoms with Gasteiger partial charge in [0.2, 0.25) is 0 Å². The standard InChI is InChI=1S/C15H18N6O3/c1-9-3-4-12(19-18-9)21-7-10(8-21)5-16-13(22)11-6-17-15(24)20(2)14(11)23/h3-4,6,10H,5,7-8H2,1-2H3,(H,16,22)(H,17,24). The molecule has 1 fully saturated rings. The van der Waals surface area contributed by atoms with Crippen LogP contribution in [0, 0.1) is 12.8 Å². The molecular formula is C15H18N6O3. The molecule has 1 aliphatic rings. The zero-order valence-corrected chi connectivity index (χ0v) is 13.4. The summed E-state index contributed by atoms with van der Waals surface area (Å²) in [5.41, 5.74) is -0.366. The molecule has 3 rings (SSSR count). The van der Waals surface area contributed by atoms with Gasteiger partial charge in [0.1, 0.15) is 5.56 Å². The molecule has 0 spiro atoms. The third-order valence-electron chi connectivity index (χ3n) is 4.04. The van der Waals surface area contributed by atoms with E-state index in [2.05, 4.69) is 25.4 Å². The van der Waals surface area contributed by atoms with E-state index in [1.165, 1.54) is 7.05 Å².